The van der Waals surface area contributed by atoms with E-state index in [1.165, 1.54) is 64.5 Å². The molecular formula is C17H34N2. The number of piperidine rings is 1. The van der Waals surface area contributed by atoms with Crippen molar-refractivity contribution >= 4 is 0 Å². The molecule has 0 spiro atoms. The van der Waals surface area contributed by atoms with Gasteiger partial charge in [-0.15, -0.1) is 0 Å². The number of hydrogen-bond donors (Lipinski definition) is 1. The maximum atomic E-state index is 3.67. The molecule has 0 aromatic heterocycles. The first-order chi connectivity index (χ1) is 9.23. The fourth-order valence-electron chi connectivity index (χ4n) is 4.29. The van der Waals surface area contributed by atoms with Crippen LogP contribution in [0.15, 0.2) is 0 Å². The van der Waals surface area contributed by atoms with E-state index < -0.39 is 0 Å². The van der Waals surface area contributed by atoms with Crippen LogP contribution in [0.5, 0.6) is 0 Å². The molecule has 0 aromatic rings. The van der Waals surface area contributed by atoms with Crippen molar-refractivity contribution in [3.05, 3.63) is 0 Å². The van der Waals surface area contributed by atoms with Gasteiger partial charge in [-0.2, -0.15) is 0 Å². The predicted octanol–water partition coefficient (Wildman–Crippen LogP) is 3.81. The van der Waals surface area contributed by atoms with Gasteiger partial charge >= 0.3 is 0 Å². The average Bonchev–Trinajstić information content (AvgIpc) is 2.48. The second kappa shape index (κ2) is 7.08. The Morgan fingerprint density at radius 2 is 1.74 bits per heavy atom. The maximum absolute atomic E-state index is 3.67. The Balaban J connectivity index is 1.83. The Labute approximate surface area is 120 Å². The van der Waals surface area contributed by atoms with Crippen LogP contribution >= 0.6 is 0 Å². The van der Waals surface area contributed by atoms with E-state index in [0.29, 0.717) is 5.41 Å². The molecule has 2 unspecified atom stereocenters. The first-order valence-corrected chi connectivity index (χ1v) is 8.70. The number of nitrogens with zero attached hydrogens (tertiary/aromatic N) is 1. The highest BCUT2D eigenvalue weighted by molar-refractivity contribution is 4.90. The lowest BCUT2D eigenvalue weighted by Crippen LogP contribution is -2.49. The molecule has 0 amide bonds. The van der Waals surface area contributed by atoms with Crippen LogP contribution in [-0.2, 0) is 0 Å². The van der Waals surface area contributed by atoms with Gasteiger partial charge in [-0.3, -0.25) is 0 Å². The molecule has 2 nitrogen and oxygen atoms in total. The molecule has 19 heavy (non-hydrogen) atoms. The normalized spacial score (nSPS) is 32.4. The van der Waals surface area contributed by atoms with Crippen molar-refractivity contribution in [1.82, 2.24) is 10.2 Å². The molecule has 1 aliphatic carbocycles. The first-order valence-electron chi connectivity index (χ1n) is 8.70. The third-order valence-electron chi connectivity index (χ3n) is 6.01. The summed E-state index contributed by atoms with van der Waals surface area (Å²) in [4.78, 5) is 2.81. The van der Waals surface area contributed by atoms with Crippen LogP contribution in [0.1, 0.15) is 72.1 Å². The minimum absolute atomic E-state index is 0.673. The van der Waals surface area contributed by atoms with Crippen molar-refractivity contribution in [3.8, 4) is 0 Å². The van der Waals surface area contributed by atoms with Crippen molar-refractivity contribution in [2.75, 3.05) is 19.6 Å². The highest BCUT2D eigenvalue weighted by atomic mass is 15.2. The quantitative estimate of drug-likeness (QED) is 0.814. The van der Waals surface area contributed by atoms with E-state index in [-0.39, 0.29) is 0 Å². The molecule has 112 valence electrons. The molecule has 1 aliphatic heterocycles. The van der Waals surface area contributed by atoms with Crippen molar-refractivity contribution < 1.29 is 0 Å². The zero-order chi connectivity index (χ0) is 13.7. The summed E-state index contributed by atoms with van der Waals surface area (Å²) in [5, 5.41) is 3.67. The molecule has 0 aromatic carbocycles. The standard InChI is InChI=1S/C17H34N2/c1-4-17(5-2)10-12-19(13-11-17)16-9-7-8-15(14-16)18-6-3/h15-16,18H,4-14H2,1-3H3. The molecule has 1 N–H and O–H groups in total. The lowest BCUT2D eigenvalue weighted by atomic mass is 9.73. The zero-order valence-electron chi connectivity index (χ0n) is 13.4. The summed E-state index contributed by atoms with van der Waals surface area (Å²) in [6.45, 7) is 10.9. The highest BCUT2D eigenvalue weighted by Gasteiger charge is 2.35. The van der Waals surface area contributed by atoms with E-state index in [1.807, 2.05) is 0 Å². The maximum Gasteiger partial charge on any atom is 0.0110 e. The van der Waals surface area contributed by atoms with Crippen LogP contribution in [0.2, 0.25) is 0 Å². The van der Waals surface area contributed by atoms with Crippen LogP contribution in [0, 0.1) is 5.41 Å². The fourth-order valence-corrected chi connectivity index (χ4v) is 4.29. The SMILES string of the molecule is CCNC1CCCC(N2CCC(CC)(CC)CC2)C1. The van der Waals surface area contributed by atoms with Gasteiger partial charge in [-0.1, -0.05) is 40.0 Å². The summed E-state index contributed by atoms with van der Waals surface area (Å²) < 4.78 is 0. The van der Waals surface area contributed by atoms with Gasteiger partial charge in [0.25, 0.3) is 0 Å². The highest BCUT2D eigenvalue weighted by Crippen LogP contribution is 2.39. The van der Waals surface area contributed by atoms with Crippen LogP contribution in [-0.4, -0.2) is 36.6 Å². The second-order valence-corrected chi connectivity index (χ2v) is 6.82. The monoisotopic (exact) mass is 266 g/mol. The van der Waals surface area contributed by atoms with E-state index in [9.17, 15) is 0 Å². The Morgan fingerprint density at radius 3 is 2.32 bits per heavy atom. The topological polar surface area (TPSA) is 15.3 Å². The van der Waals surface area contributed by atoms with Gasteiger partial charge in [0.15, 0.2) is 0 Å². The molecule has 0 radical (unpaired) electrons. The average molecular weight is 266 g/mol. The van der Waals surface area contributed by atoms with Crippen LogP contribution < -0.4 is 5.32 Å². The third kappa shape index (κ3) is 3.72. The van der Waals surface area contributed by atoms with Crippen LogP contribution in [0.25, 0.3) is 0 Å². The molecule has 2 heteroatoms. The van der Waals surface area contributed by atoms with E-state index in [0.717, 1.165) is 18.6 Å². The molecule has 1 saturated carbocycles. The number of likely N-dealkylation sites (tertiary alicyclic amines) is 1. The lowest BCUT2D eigenvalue weighted by molar-refractivity contribution is 0.0481. The molecule has 2 fully saturated rings. The lowest BCUT2D eigenvalue weighted by Gasteiger charge is -2.46. The van der Waals surface area contributed by atoms with Gasteiger partial charge in [0, 0.05) is 12.1 Å². The van der Waals surface area contributed by atoms with Crippen molar-refractivity contribution in [2.45, 2.75) is 84.2 Å². The third-order valence-corrected chi connectivity index (χ3v) is 6.01. The fraction of sp³-hybridized carbons (Fsp3) is 1.00. The minimum atomic E-state index is 0.673. The van der Waals surface area contributed by atoms with Crippen molar-refractivity contribution in [2.24, 2.45) is 5.41 Å². The smallest absolute Gasteiger partial charge is 0.0110 e. The summed E-state index contributed by atoms with van der Waals surface area (Å²) in [6.07, 6.45) is 11.3. The van der Waals surface area contributed by atoms with Crippen molar-refractivity contribution in [1.29, 1.82) is 0 Å². The van der Waals surface area contributed by atoms with Gasteiger partial charge in [-0.05, 0) is 57.2 Å². The van der Waals surface area contributed by atoms with Gasteiger partial charge in [0.05, 0.1) is 0 Å². The molecule has 0 bridgehead atoms. The van der Waals surface area contributed by atoms with Crippen molar-refractivity contribution in [3.63, 3.8) is 0 Å². The second-order valence-electron chi connectivity index (χ2n) is 6.82. The Kier molecular flexibility index (Phi) is 5.70. The molecule has 2 atom stereocenters. The van der Waals surface area contributed by atoms with Gasteiger partial charge in [0.2, 0.25) is 0 Å². The van der Waals surface area contributed by atoms with E-state index in [2.05, 4.69) is 31.0 Å². The first kappa shape index (κ1) is 15.3. The number of rotatable bonds is 5. The van der Waals surface area contributed by atoms with E-state index in [1.54, 1.807) is 0 Å². The largest absolute Gasteiger partial charge is 0.314 e. The number of hydrogen-bond acceptors (Lipinski definition) is 2. The Hall–Kier alpha value is -0.0800. The molecular weight excluding hydrogens is 232 g/mol. The molecule has 1 saturated heterocycles. The molecule has 2 aliphatic rings. The van der Waals surface area contributed by atoms with Crippen LogP contribution in [0.3, 0.4) is 0 Å². The summed E-state index contributed by atoms with van der Waals surface area (Å²) in [5.41, 5.74) is 0.673. The summed E-state index contributed by atoms with van der Waals surface area (Å²) >= 11 is 0. The summed E-state index contributed by atoms with van der Waals surface area (Å²) in [6, 6.07) is 1.65. The Morgan fingerprint density at radius 1 is 1.05 bits per heavy atom. The molecule has 2 rings (SSSR count). The van der Waals surface area contributed by atoms with Crippen LogP contribution in [0.4, 0.5) is 0 Å². The zero-order valence-corrected chi connectivity index (χ0v) is 13.4. The predicted molar refractivity (Wildman–Crippen MR) is 83.5 cm³/mol. The minimum Gasteiger partial charge on any atom is -0.314 e. The Bertz CT molecular complexity index is 248. The molecule has 1 heterocycles. The number of nitrogens with one attached hydrogen (secondary N) is 1. The summed E-state index contributed by atoms with van der Waals surface area (Å²) in [5.74, 6) is 0. The van der Waals surface area contributed by atoms with E-state index >= 15 is 0 Å². The van der Waals surface area contributed by atoms with Gasteiger partial charge in [0.1, 0.15) is 0 Å². The summed E-state index contributed by atoms with van der Waals surface area (Å²) in [7, 11) is 0. The van der Waals surface area contributed by atoms with E-state index in [4.69, 9.17) is 0 Å². The van der Waals surface area contributed by atoms with Gasteiger partial charge < -0.3 is 10.2 Å². The van der Waals surface area contributed by atoms with Gasteiger partial charge in [-0.25, -0.2) is 0 Å².